The van der Waals surface area contributed by atoms with Crippen molar-refractivity contribution in [2.45, 2.75) is 39.0 Å². The molecule has 0 aromatic carbocycles. The summed E-state index contributed by atoms with van der Waals surface area (Å²) in [5.41, 5.74) is -1.98. The molecular weight excluding hydrogens is 169 g/mol. The van der Waals surface area contributed by atoms with Crippen LogP contribution in [0.4, 0.5) is 13.2 Å². The molecule has 1 atom stereocenters. The molecule has 74 valence electrons. The number of rotatable bonds is 3. The summed E-state index contributed by atoms with van der Waals surface area (Å²) in [7, 11) is 1.11. The minimum absolute atomic E-state index is 0.0509. The summed E-state index contributed by atoms with van der Waals surface area (Å²) in [5, 5.41) is 0. The topological polar surface area (TPSA) is 9.23 Å². The number of ether oxygens (including phenoxy) is 1. The van der Waals surface area contributed by atoms with Crippen molar-refractivity contribution in [2.75, 3.05) is 7.11 Å². The Labute approximate surface area is 70.9 Å². The van der Waals surface area contributed by atoms with E-state index in [0.717, 1.165) is 7.11 Å². The van der Waals surface area contributed by atoms with E-state index in [1.807, 2.05) is 0 Å². The van der Waals surface area contributed by atoms with Gasteiger partial charge in [-0.25, -0.2) is 0 Å². The lowest BCUT2D eigenvalue weighted by atomic mass is 9.87. The van der Waals surface area contributed by atoms with E-state index < -0.39 is 17.7 Å². The van der Waals surface area contributed by atoms with Gasteiger partial charge in [-0.2, -0.15) is 13.2 Å². The maximum atomic E-state index is 12.5. The summed E-state index contributed by atoms with van der Waals surface area (Å²) in [6.07, 6.45) is -4.34. The Kier molecular flexibility index (Phi) is 3.57. The fourth-order valence-corrected chi connectivity index (χ4v) is 1.43. The number of hydrogen-bond acceptors (Lipinski definition) is 1. The van der Waals surface area contributed by atoms with E-state index in [0.29, 0.717) is 0 Å². The lowest BCUT2D eigenvalue weighted by Gasteiger charge is -2.36. The molecule has 0 aliphatic carbocycles. The van der Waals surface area contributed by atoms with Crippen LogP contribution in [0.15, 0.2) is 0 Å². The lowest BCUT2D eigenvalue weighted by Crippen LogP contribution is -2.50. The van der Waals surface area contributed by atoms with Gasteiger partial charge in [0.25, 0.3) is 0 Å². The fourth-order valence-electron chi connectivity index (χ4n) is 1.43. The first-order valence-electron chi connectivity index (χ1n) is 3.93. The summed E-state index contributed by atoms with van der Waals surface area (Å²) >= 11 is 0. The van der Waals surface area contributed by atoms with Crippen LogP contribution in [0.3, 0.4) is 0 Å². The Morgan fingerprint density at radius 3 is 1.67 bits per heavy atom. The molecular formula is C8H15F3O. The van der Waals surface area contributed by atoms with Gasteiger partial charge in [-0.3, -0.25) is 0 Å². The Hall–Kier alpha value is -0.250. The first-order valence-corrected chi connectivity index (χ1v) is 3.93. The van der Waals surface area contributed by atoms with E-state index in [4.69, 9.17) is 0 Å². The Balaban J connectivity index is 4.83. The van der Waals surface area contributed by atoms with E-state index in [9.17, 15) is 13.2 Å². The van der Waals surface area contributed by atoms with Gasteiger partial charge in [0, 0.05) is 7.11 Å². The van der Waals surface area contributed by atoms with E-state index >= 15 is 0 Å². The van der Waals surface area contributed by atoms with Crippen molar-refractivity contribution in [3.8, 4) is 0 Å². The van der Waals surface area contributed by atoms with Gasteiger partial charge < -0.3 is 4.74 Å². The average Bonchev–Trinajstić information content (AvgIpc) is 1.87. The molecule has 0 amide bonds. The minimum Gasteiger partial charge on any atom is -0.369 e. The molecule has 12 heavy (non-hydrogen) atoms. The Morgan fingerprint density at radius 2 is 1.67 bits per heavy atom. The molecule has 0 radical (unpaired) electrons. The van der Waals surface area contributed by atoms with Crippen molar-refractivity contribution in [1.29, 1.82) is 0 Å². The van der Waals surface area contributed by atoms with Crippen LogP contribution in [0.5, 0.6) is 0 Å². The number of hydrogen-bond donors (Lipinski definition) is 0. The highest BCUT2D eigenvalue weighted by molar-refractivity contribution is 4.89. The maximum absolute atomic E-state index is 12.5. The monoisotopic (exact) mass is 184 g/mol. The maximum Gasteiger partial charge on any atom is 0.417 e. The fraction of sp³-hybridized carbons (Fsp3) is 1.00. The molecule has 0 bridgehead atoms. The zero-order valence-electron chi connectivity index (χ0n) is 7.83. The molecule has 0 N–H and O–H groups in total. The highest BCUT2D eigenvalue weighted by atomic mass is 19.4. The molecule has 0 aliphatic heterocycles. The molecule has 0 saturated carbocycles. The van der Waals surface area contributed by atoms with E-state index in [2.05, 4.69) is 4.74 Å². The van der Waals surface area contributed by atoms with Gasteiger partial charge in [0.15, 0.2) is 5.60 Å². The van der Waals surface area contributed by atoms with E-state index in [1.54, 1.807) is 0 Å². The predicted molar refractivity (Wildman–Crippen MR) is 40.9 cm³/mol. The Morgan fingerprint density at radius 1 is 1.25 bits per heavy atom. The van der Waals surface area contributed by atoms with Crippen LogP contribution >= 0.6 is 0 Å². The standard InChI is InChI=1S/C8H15F3O/c1-5-7(12-4,6(2)3)8(9,10)11/h6H,5H2,1-4H3. The van der Waals surface area contributed by atoms with E-state index in [1.165, 1.54) is 20.8 Å². The summed E-state index contributed by atoms with van der Waals surface area (Å²) in [4.78, 5) is 0. The van der Waals surface area contributed by atoms with Crippen LogP contribution in [0, 0.1) is 5.92 Å². The molecule has 0 saturated heterocycles. The van der Waals surface area contributed by atoms with Crippen LogP contribution in [0.2, 0.25) is 0 Å². The number of alkyl halides is 3. The van der Waals surface area contributed by atoms with Gasteiger partial charge in [0.05, 0.1) is 0 Å². The van der Waals surface area contributed by atoms with Crippen LogP contribution in [0.1, 0.15) is 27.2 Å². The summed E-state index contributed by atoms with van der Waals surface area (Å²) in [6.45, 7) is 4.51. The SMILES string of the molecule is CCC(OC)(C(C)C)C(F)(F)F. The van der Waals surface area contributed by atoms with Gasteiger partial charge in [0.2, 0.25) is 0 Å². The molecule has 0 rings (SSSR count). The second kappa shape index (κ2) is 3.64. The third-order valence-electron chi connectivity index (χ3n) is 2.30. The Bertz CT molecular complexity index is 136. The van der Waals surface area contributed by atoms with Gasteiger partial charge in [-0.1, -0.05) is 20.8 Å². The zero-order chi connectivity index (χ0) is 9.99. The van der Waals surface area contributed by atoms with Gasteiger partial charge >= 0.3 is 6.18 Å². The molecule has 0 aromatic rings. The lowest BCUT2D eigenvalue weighted by molar-refractivity contribution is -0.286. The van der Waals surface area contributed by atoms with Crippen molar-refractivity contribution in [3.05, 3.63) is 0 Å². The summed E-state index contributed by atoms with van der Waals surface area (Å²) in [5.74, 6) is -0.563. The van der Waals surface area contributed by atoms with Crippen LogP contribution < -0.4 is 0 Å². The van der Waals surface area contributed by atoms with Crippen molar-refractivity contribution in [3.63, 3.8) is 0 Å². The van der Waals surface area contributed by atoms with Gasteiger partial charge in [-0.05, 0) is 12.3 Å². The first kappa shape index (κ1) is 11.8. The smallest absolute Gasteiger partial charge is 0.369 e. The highest BCUT2D eigenvalue weighted by Crippen LogP contribution is 2.41. The second-order valence-corrected chi connectivity index (χ2v) is 3.10. The molecule has 0 heterocycles. The molecule has 0 fully saturated rings. The molecule has 0 spiro atoms. The summed E-state index contributed by atoms with van der Waals surface area (Å²) < 4.78 is 42.1. The minimum atomic E-state index is -4.29. The number of methoxy groups -OCH3 is 1. The van der Waals surface area contributed by atoms with Crippen LogP contribution in [-0.4, -0.2) is 18.9 Å². The largest absolute Gasteiger partial charge is 0.417 e. The zero-order valence-corrected chi connectivity index (χ0v) is 7.83. The quantitative estimate of drug-likeness (QED) is 0.655. The predicted octanol–water partition coefficient (Wildman–Crippen LogP) is 3.00. The molecule has 0 aliphatic rings. The molecule has 0 aromatic heterocycles. The van der Waals surface area contributed by atoms with Crippen molar-refractivity contribution >= 4 is 0 Å². The number of halogens is 3. The van der Waals surface area contributed by atoms with E-state index in [-0.39, 0.29) is 6.42 Å². The molecule has 1 nitrogen and oxygen atoms in total. The normalized spacial score (nSPS) is 18.0. The van der Waals surface area contributed by atoms with Crippen molar-refractivity contribution < 1.29 is 17.9 Å². The summed E-state index contributed by atoms with van der Waals surface area (Å²) in [6, 6.07) is 0. The third kappa shape index (κ3) is 1.73. The third-order valence-corrected chi connectivity index (χ3v) is 2.30. The molecule has 4 heteroatoms. The van der Waals surface area contributed by atoms with Gasteiger partial charge in [-0.15, -0.1) is 0 Å². The van der Waals surface area contributed by atoms with Crippen molar-refractivity contribution in [1.82, 2.24) is 0 Å². The van der Waals surface area contributed by atoms with Crippen molar-refractivity contribution in [2.24, 2.45) is 5.92 Å². The highest BCUT2D eigenvalue weighted by Gasteiger charge is 2.55. The molecule has 1 unspecified atom stereocenters. The van der Waals surface area contributed by atoms with Crippen LogP contribution in [0.25, 0.3) is 0 Å². The first-order chi connectivity index (χ1) is 5.31. The van der Waals surface area contributed by atoms with Gasteiger partial charge in [0.1, 0.15) is 0 Å². The average molecular weight is 184 g/mol. The second-order valence-electron chi connectivity index (χ2n) is 3.10. The van der Waals surface area contributed by atoms with Crippen LogP contribution in [-0.2, 0) is 4.74 Å².